The first-order valence-corrected chi connectivity index (χ1v) is 9.20. The van der Waals surface area contributed by atoms with Gasteiger partial charge in [-0.15, -0.1) is 12.4 Å². The molecule has 1 heterocycles. The number of carbonyl (C=O) groups excluding carboxylic acids is 1. The number of aromatic nitrogens is 2. The molecule has 3 rings (SSSR count). The molecule has 0 saturated heterocycles. The van der Waals surface area contributed by atoms with Gasteiger partial charge < -0.3 is 15.8 Å². The van der Waals surface area contributed by atoms with Crippen molar-refractivity contribution in [1.29, 1.82) is 0 Å². The lowest BCUT2D eigenvalue weighted by Crippen LogP contribution is -2.45. The van der Waals surface area contributed by atoms with E-state index in [2.05, 4.69) is 5.32 Å². The largest absolute Gasteiger partial charge is 0.497 e. The molecule has 1 aromatic heterocycles. The van der Waals surface area contributed by atoms with Crippen LogP contribution in [0.5, 0.6) is 5.75 Å². The normalized spacial score (nSPS) is 10.9. The lowest BCUT2D eigenvalue weighted by molar-refractivity contribution is -0.120. The maximum Gasteiger partial charge on any atom is 0.224 e. The van der Waals surface area contributed by atoms with Crippen molar-refractivity contribution in [2.45, 2.75) is 25.8 Å². The second kappa shape index (κ2) is 9.58. The summed E-state index contributed by atoms with van der Waals surface area (Å²) in [6, 6.07) is 17.5. The number of benzene rings is 2. The van der Waals surface area contributed by atoms with Crippen LogP contribution in [0.1, 0.15) is 19.4 Å². The molecule has 1 amide bonds. The van der Waals surface area contributed by atoms with Crippen LogP contribution in [0.3, 0.4) is 0 Å². The monoisotopic (exact) mass is 414 g/mol. The SMILES string of the molecule is COc1ccc(-c2nn(-c3ccccc3)cc2CC(=O)NCC(C)(C)N)cc1.Cl. The van der Waals surface area contributed by atoms with E-state index in [0.717, 1.165) is 28.3 Å². The minimum absolute atomic E-state index is 0. The fourth-order valence-corrected chi connectivity index (χ4v) is 2.81. The van der Waals surface area contributed by atoms with Crippen molar-refractivity contribution in [2.75, 3.05) is 13.7 Å². The van der Waals surface area contributed by atoms with E-state index in [1.165, 1.54) is 0 Å². The third-order valence-electron chi connectivity index (χ3n) is 4.27. The Morgan fingerprint density at radius 1 is 1.14 bits per heavy atom. The van der Waals surface area contributed by atoms with Gasteiger partial charge in [-0.3, -0.25) is 4.79 Å². The van der Waals surface area contributed by atoms with Crippen LogP contribution in [0.25, 0.3) is 16.9 Å². The molecule has 0 saturated carbocycles. The van der Waals surface area contributed by atoms with Gasteiger partial charge >= 0.3 is 0 Å². The van der Waals surface area contributed by atoms with E-state index < -0.39 is 5.54 Å². The van der Waals surface area contributed by atoms with Gasteiger partial charge in [0.05, 0.1) is 24.9 Å². The first kappa shape index (κ1) is 22.5. The zero-order chi connectivity index (χ0) is 20.1. The van der Waals surface area contributed by atoms with Crippen molar-refractivity contribution in [3.63, 3.8) is 0 Å². The molecule has 0 radical (unpaired) electrons. The standard InChI is InChI=1S/C22H26N4O2.ClH/c1-22(2,23)15-24-20(27)13-17-14-26(18-7-5-4-6-8-18)25-21(17)16-9-11-19(28-3)12-10-16;/h4-12,14H,13,15,23H2,1-3H3,(H,24,27);1H. The predicted molar refractivity (Wildman–Crippen MR) is 118 cm³/mol. The number of methoxy groups -OCH3 is 1. The van der Waals surface area contributed by atoms with E-state index >= 15 is 0 Å². The van der Waals surface area contributed by atoms with Crippen molar-refractivity contribution in [3.8, 4) is 22.7 Å². The van der Waals surface area contributed by atoms with Crippen LogP contribution in [-0.4, -0.2) is 34.9 Å². The second-order valence-corrected chi connectivity index (χ2v) is 7.45. The highest BCUT2D eigenvalue weighted by molar-refractivity contribution is 5.85. The summed E-state index contributed by atoms with van der Waals surface area (Å²) in [4.78, 5) is 12.5. The van der Waals surface area contributed by atoms with Gasteiger partial charge in [-0.05, 0) is 50.2 Å². The number of nitrogens with two attached hydrogens (primary N) is 1. The topological polar surface area (TPSA) is 82.2 Å². The molecule has 154 valence electrons. The van der Waals surface area contributed by atoms with Gasteiger partial charge in [-0.2, -0.15) is 5.10 Å². The van der Waals surface area contributed by atoms with Crippen LogP contribution in [0.15, 0.2) is 60.8 Å². The summed E-state index contributed by atoms with van der Waals surface area (Å²) in [5.74, 6) is 0.691. The smallest absolute Gasteiger partial charge is 0.224 e. The second-order valence-electron chi connectivity index (χ2n) is 7.45. The van der Waals surface area contributed by atoms with Gasteiger partial charge in [0.15, 0.2) is 0 Å². The number of nitrogens with zero attached hydrogens (tertiary/aromatic N) is 2. The van der Waals surface area contributed by atoms with Gasteiger partial charge in [0.25, 0.3) is 0 Å². The lowest BCUT2D eigenvalue weighted by Gasteiger charge is -2.18. The zero-order valence-corrected chi connectivity index (χ0v) is 17.7. The van der Waals surface area contributed by atoms with Gasteiger partial charge in [0.2, 0.25) is 5.91 Å². The molecule has 6 nitrogen and oxygen atoms in total. The number of para-hydroxylation sites is 1. The molecule has 0 unspecified atom stereocenters. The Hall–Kier alpha value is -2.83. The Kier molecular flexibility index (Phi) is 7.42. The molecule has 3 aromatic rings. The summed E-state index contributed by atoms with van der Waals surface area (Å²) in [5, 5.41) is 7.64. The third-order valence-corrected chi connectivity index (χ3v) is 4.27. The summed E-state index contributed by atoms with van der Waals surface area (Å²) < 4.78 is 7.04. The van der Waals surface area contributed by atoms with E-state index in [4.69, 9.17) is 15.6 Å². The molecular formula is C22H27ClN4O2. The van der Waals surface area contributed by atoms with Gasteiger partial charge in [0.1, 0.15) is 5.75 Å². The van der Waals surface area contributed by atoms with Crippen LogP contribution in [-0.2, 0) is 11.2 Å². The van der Waals surface area contributed by atoms with E-state index in [-0.39, 0.29) is 24.7 Å². The number of hydrogen-bond donors (Lipinski definition) is 2. The van der Waals surface area contributed by atoms with Crippen molar-refractivity contribution in [3.05, 3.63) is 66.4 Å². The minimum Gasteiger partial charge on any atom is -0.497 e. The summed E-state index contributed by atoms with van der Waals surface area (Å²) >= 11 is 0. The Bertz CT molecular complexity index is 932. The Balaban J connectivity index is 0.00000300. The molecule has 0 aliphatic rings. The quantitative estimate of drug-likeness (QED) is 0.621. The summed E-state index contributed by atoms with van der Waals surface area (Å²) in [5.41, 5.74) is 8.99. The molecule has 29 heavy (non-hydrogen) atoms. The van der Waals surface area contributed by atoms with Crippen LogP contribution in [0.2, 0.25) is 0 Å². The molecule has 3 N–H and O–H groups in total. The molecule has 2 aromatic carbocycles. The average Bonchev–Trinajstić information content (AvgIpc) is 3.10. The van der Waals surface area contributed by atoms with Gasteiger partial charge in [0, 0.05) is 29.4 Å². The van der Waals surface area contributed by atoms with Crippen LogP contribution in [0, 0.1) is 0 Å². The highest BCUT2D eigenvalue weighted by Gasteiger charge is 2.17. The molecule has 0 spiro atoms. The Morgan fingerprint density at radius 3 is 2.38 bits per heavy atom. The maximum absolute atomic E-state index is 12.5. The van der Waals surface area contributed by atoms with E-state index in [0.29, 0.717) is 6.54 Å². The summed E-state index contributed by atoms with van der Waals surface area (Å²) in [7, 11) is 1.63. The molecule has 0 aliphatic carbocycles. The molecule has 0 atom stereocenters. The maximum atomic E-state index is 12.5. The fraction of sp³-hybridized carbons (Fsp3) is 0.273. The summed E-state index contributed by atoms with van der Waals surface area (Å²) in [6.45, 7) is 4.17. The van der Waals surface area contributed by atoms with Crippen molar-refractivity contribution < 1.29 is 9.53 Å². The average molecular weight is 415 g/mol. The van der Waals surface area contributed by atoms with Gasteiger partial charge in [-0.1, -0.05) is 18.2 Å². The minimum atomic E-state index is -0.456. The number of halogens is 1. The van der Waals surface area contributed by atoms with Crippen molar-refractivity contribution in [1.82, 2.24) is 15.1 Å². The van der Waals surface area contributed by atoms with Crippen molar-refractivity contribution in [2.24, 2.45) is 5.73 Å². The Morgan fingerprint density at radius 2 is 1.79 bits per heavy atom. The molecular weight excluding hydrogens is 388 g/mol. The zero-order valence-electron chi connectivity index (χ0n) is 16.9. The fourth-order valence-electron chi connectivity index (χ4n) is 2.81. The van der Waals surface area contributed by atoms with Crippen LogP contribution < -0.4 is 15.8 Å². The number of nitrogens with one attached hydrogen (secondary N) is 1. The number of rotatable bonds is 7. The highest BCUT2D eigenvalue weighted by Crippen LogP contribution is 2.26. The molecule has 7 heteroatoms. The van der Waals surface area contributed by atoms with E-state index in [1.807, 2.05) is 74.6 Å². The van der Waals surface area contributed by atoms with E-state index in [1.54, 1.807) is 11.8 Å². The lowest BCUT2D eigenvalue weighted by atomic mass is 10.0. The first-order valence-electron chi connectivity index (χ1n) is 9.20. The van der Waals surface area contributed by atoms with Crippen LogP contribution in [0.4, 0.5) is 0 Å². The number of amides is 1. The van der Waals surface area contributed by atoms with Crippen molar-refractivity contribution >= 4 is 18.3 Å². The number of ether oxygens (including phenoxy) is 1. The predicted octanol–water partition coefficient (Wildman–Crippen LogP) is 3.37. The molecule has 0 fully saturated rings. The Labute approximate surface area is 177 Å². The van der Waals surface area contributed by atoms with Gasteiger partial charge in [-0.25, -0.2) is 4.68 Å². The van der Waals surface area contributed by atoms with E-state index in [9.17, 15) is 4.79 Å². The molecule has 0 bridgehead atoms. The first-order chi connectivity index (χ1) is 13.4. The summed E-state index contributed by atoms with van der Waals surface area (Å²) in [6.07, 6.45) is 2.13. The third kappa shape index (κ3) is 6.07. The number of hydrogen-bond acceptors (Lipinski definition) is 4. The highest BCUT2D eigenvalue weighted by atomic mass is 35.5. The molecule has 0 aliphatic heterocycles. The van der Waals surface area contributed by atoms with Crippen LogP contribution >= 0.6 is 12.4 Å². The number of carbonyl (C=O) groups is 1.